The summed E-state index contributed by atoms with van der Waals surface area (Å²) in [7, 11) is 0. The van der Waals surface area contributed by atoms with Gasteiger partial charge >= 0.3 is 0 Å². The first kappa shape index (κ1) is 11.0. The Kier molecular flexibility index (Phi) is 2.80. The van der Waals surface area contributed by atoms with Crippen LogP contribution in [0.25, 0.3) is 0 Å². The molecule has 1 unspecified atom stereocenters. The Labute approximate surface area is 105 Å². The van der Waals surface area contributed by atoms with Gasteiger partial charge < -0.3 is 9.88 Å². The fourth-order valence-electron chi connectivity index (χ4n) is 2.26. The minimum atomic E-state index is 0.0000983. The second-order valence-corrected chi connectivity index (χ2v) is 4.46. The molecular weight excluding hydrogens is 228 g/mol. The Hall–Kier alpha value is -2.17. The molecule has 2 aromatic rings. The summed E-state index contributed by atoms with van der Waals surface area (Å²) in [6.45, 7) is 0.862. The van der Waals surface area contributed by atoms with E-state index < -0.39 is 0 Å². The number of hydrogen-bond acceptors (Lipinski definition) is 3. The molecule has 5 nitrogen and oxygen atoms in total. The minimum Gasteiger partial charge on any atom is -0.335 e. The van der Waals surface area contributed by atoms with E-state index in [-0.39, 0.29) is 11.8 Å². The van der Waals surface area contributed by atoms with Crippen LogP contribution in [0.1, 0.15) is 12.2 Å². The summed E-state index contributed by atoms with van der Waals surface area (Å²) < 4.78 is 2.11. The van der Waals surface area contributed by atoms with Crippen molar-refractivity contribution in [1.82, 2.24) is 14.5 Å². The molecule has 1 aliphatic heterocycles. The number of imidazole rings is 1. The molecular formula is C13H14N4O. The molecule has 0 radical (unpaired) electrons. The van der Waals surface area contributed by atoms with Gasteiger partial charge in [-0.2, -0.15) is 0 Å². The van der Waals surface area contributed by atoms with Crippen LogP contribution in [-0.2, 0) is 17.8 Å². The van der Waals surface area contributed by atoms with Gasteiger partial charge in [0.1, 0.15) is 5.82 Å². The maximum atomic E-state index is 12.1. The SMILES string of the molecule is O=C(Nc1cccnc1)C1CCn2ccnc2C1. The van der Waals surface area contributed by atoms with Crippen molar-refractivity contribution in [3.63, 3.8) is 0 Å². The molecule has 1 atom stereocenters. The van der Waals surface area contributed by atoms with Gasteiger partial charge in [-0.15, -0.1) is 0 Å². The highest BCUT2D eigenvalue weighted by Gasteiger charge is 2.25. The molecule has 0 fully saturated rings. The van der Waals surface area contributed by atoms with Crippen molar-refractivity contribution < 1.29 is 4.79 Å². The van der Waals surface area contributed by atoms with E-state index in [9.17, 15) is 4.79 Å². The normalized spacial score (nSPS) is 18.1. The summed E-state index contributed by atoms with van der Waals surface area (Å²) in [6, 6.07) is 3.65. The van der Waals surface area contributed by atoms with Gasteiger partial charge in [-0.3, -0.25) is 9.78 Å². The van der Waals surface area contributed by atoms with Gasteiger partial charge in [0.25, 0.3) is 0 Å². The van der Waals surface area contributed by atoms with E-state index in [4.69, 9.17) is 0 Å². The van der Waals surface area contributed by atoms with Gasteiger partial charge in [0.2, 0.25) is 5.91 Å². The summed E-state index contributed by atoms with van der Waals surface area (Å²) in [6.07, 6.45) is 8.66. The van der Waals surface area contributed by atoms with Crippen molar-refractivity contribution in [2.75, 3.05) is 5.32 Å². The monoisotopic (exact) mass is 242 g/mol. The second-order valence-electron chi connectivity index (χ2n) is 4.46. The number of carbonyl (C=O) groups is 1. The molecule has 0 saturated carbocycles. The minimum absolute atomic E-state index is 0.0000983. The number of pyridine rings is 1. The average Bonchev–Trinajstić information content (AvgIpc) is 2.87. The zero-order valence-corrected chi connectivity index (χ0v) is 9.91. The van der Waals surface area contributed by atoms with Crippen molar-refractivity contribution in [2.24, 2.45) is 5.92 Å². The average molecular weight is 242 g/mol. The van der Waals surface area contributed by atoms with E-state index in [1.165, 1.54) is 0 Å². The molecule has 0 aromatic carbocycles. The second kappa shape index (κ2) is 4.60. The van der Waals surface area contributed by atoms with E-state index in [2.05, 4.69) is 19.9 Å². The topological polar surface area (TPSA) is 59.8 Å². The van der Waals surface area contributed by atoms with Crippen LogP contribution in [0.4, 0.5) is 5.69 Å². The van der Waals surface area contributed by atoms with Gasteiger partial charge in [0.15, 0.2) is 0 Å². The Morgan fingerprint density at radius 1 is 1.44 bits per heavy atom. The number of nitrogens with one attached hydrogen (secondary N) is 1. The van der Waals surface area contributed by atoms with E-state index in [1.54, 1.807) is 18.6 Å². The Balaban J connectivity index is 1.68. The van der Waals surface area contributed by atoms with Crippen LogP contribution in [-0.4, -0.2) is 20.4 Å². The molecule has 1 N–H and O–H groups in total. The fourth-order valence-corrected chi connectivity index (χ4v) is 2.26. The van der Waals surface area contributed by atoms with Crippen molar-refractivity contribution in [1.29, 1.82) is 0 Å². The summed E-state index contributed by atoms with van der Waals surface area (Å²) in [5.74, 6) is 1.05. The molecule has 1 amide bonds. The first-order valence-electron chi connectivity index (χ1n) is 6.04. The standard InChI is InChI=1S/C13H14N4O/c18-13(16-11-2-1-4-14-9-11)10-3-6-17-7-5-15-12(17)8-10/h1-2,4-5,7,9-10H,3,6,8H2,(H,16,18). The van der Waals surface area contributed by atoms with Crippen LogP contribution >= 0.6 is 0 Å². The number of fused-ring (bicyclic) bond motifs is 1. The Morgan fingerprint density at radius 3 is 3.22 bits per heavy atom. The Bertz CT molecular complexity index is 549. The molecule has 3 heterocycles. The van der Waals surface area contributed by atoms with Crippen LogP contribution in [0.15, 0.2) is 36.9 Å². The lowest BCUT2D eigenvalue weighted by Crippen LogP contribution is -2.30. The molecule has 92 valence electrons. The first-order chi connectivity index (χ1) is 8.83. The van der Waals surface area contributed by atoms with E-state index in [1.807, 2.05) is 18.3 Å². The van der Waals surface area contributed by atoms with Crippen molar-refractivity contribution in [2.45, 2.75) is 19.4 Å². The molecule has 3 rings (SSSR count). The number of aryl methyl sites for hydroxylation is 1. The van der Waals surface area contributed by atoms with E-state index in [0.29, 0.717) is 6.42 Å². The molecule has 2 aromatic heterocycles. The summed E-state index contributed by atoms with van der Waals surface area (Å²) >= 11 is 0. The largest absolute Gasteiger partial charge is 0.335 e. The smallest absolute Gasteiger partial charge is 0.228 e. The van der Waals surface area contributed by atoms with Crippen molar-refractivity contribution in [3.8, 4) is 0 Å². The lowest BCUT2D eigenvalue weighted by molar-refractivity contribution is -0.120. The zero-order chi connectivity index (χ0) is 12.4. The number of aromatic nitrogens is 3. The van der Waals surface area contributed by atoms with E-state index >= 15 is 0 Å². The van der Waals surface area contributed by atoms with Crippen molar-refractivity contribution >= 4 is 11.6 Å². The van der Waals surface area contributed by atoms with Crippen molar-refractivity contribution in [3.05, 3.63) is 42.7 Å². The number of anilines is 1. The van der Waals surface area contributed by atoms with Gasteiger partial charge in [-0.05, 0) is 18.6 Å². The molecule has 5 heteroatoms. The van der Waals surface area contributed by atoms with Crippen LogP contribution in [0, 0.1) is 5.92 Å². The predicted molar refractivity (Wildman–Crippen MR) is 66.9 cm³/mol. The van der Waals surface area contributed by atoms with Gasteiger partial charge in [0.05, 0.1) is 11.9 Å². The Morgan fingerprint density at radius 2 is 2.39 bits per heavy atom. The third-order valence-corrected chi connectivity index (χ3v) is 3.25. The molecule has 18 heavy (non-hydrogen) atoms. The first-order valence-corrected chi connectivity index (χ1v) is 6.04. The third-order valence-electron chi connectivity index (χ3n) is 3.25. The molecule has 0 bridgehead atoms. The van der Waals surface area contributed by atoms with Crippen LogP contribution in [0.2, 0.25) is 0 Å². The highest BCUT2D eigenvalue weighted by Crippen LogP contribution is 2.20. The van der Waals surface area contributed by atoms with Crippen LogP contribution < -0.4 is 5.32 Å². The maximum absolute atomic E-state index is 12.1. The number of carbonyl (C=O) groups excluding carboxylic acids is 1. The summed E-state index contributed by atoms with van der Waals surface area (Å²) in [4.78, 5) is 20.4. The highest BCUT2D eigenvalue weighted by molar-refractivity contribution is 5.92. The van der Waals surface area contributed by atoms with Gasteiger partial charge in [-0.25, -0.2) is 4.98 Å². The zero-order valence-electron chi connectivity index (χ0n) is 9.91. The molecule has 0 spiro atoms. The predicted octanol–water partition coefficient (Wildman–Crippen LogP) is 1.48. The summed E-state index contributed by atoms with van der Waals surface area (Å²) in [5.41, 5.74) is 0.747. The number of rotatable bonds is 2. The van der Waals surface area contributed by atoms with Gasteiger partial charge in [0, 0.05) is 37.5 Å². The number of nitrogens with zero attached hydrogens (tertiary/aromatic N) is 3. The van der Waals surface area contributed by atoms with Crippen LogP contribution in [0.5, 0.6) is 0 Å². The fraction of sp³-hybridized carbons (Fsp3) is 0.308. The quantitative estimate of drug-likeness (QED) is 0.867. The lowest BCUT2D eigenvalue weighted by Gasteiger charge is -2.22. The number of hydrogen-bond donors (Lipinski definition) is 1. The molecule has 0 aliphatic carbocycles. The molecule has 0 saturated heterocycles. The third kappa shape index (κ3) is 2.11. The maximum Gasteiger partial charge on any atom is 0.228 e. The lowest BCUT2D eigenvalue weighted by atomic mass is 9.97. The summed E-state index contributed by atoms with van der Waals surface area (Å²) in [5, 5.41) is 2.90. The van der Waals surface area contributed by atoms with E-state index in [0.717, 1.165) is 24.5 Å². The van der Waals surface area contributed by atoms with Gasteiger partial charge in [-0.1, -0.05) is 0 Å². The highest BCUT2D eigenvalue weighted by atomic mass is 16.1. The molecule has 1 aliphatic rings. The number of amides is 1. The van der Waals surface area contributed by atoms with Crippen LogP contribution in [0.3, 0.4) is 0 Å².